The van der Waals surface area contributed by atoms with Gasteiger partial charge in [0.2, 0.25) is 8.46 Å². The first-order valence-corrected chi connectivity index (χ1v) is 16.5. The molecule has 0 amide bonds. The number of thioether (sulfide) groups is 1. The second-order valence-electron chi connectivity index (χ2n) is 9.86. The highest BCUT2D eigenvalue weighted by Gasteiger charge is 2.45. The molecule has 0 aromatic rings. The fourth-order valence-corrected chi connectivity index (χ4v) is 5.67. The highest BCUT2D eigenvalue weighted by molar-refractivity contribution is 7.99. The molecule has 0 fully saturated rings. The summed E-state index contributed by atoms with van der Waals surface area (Å²) in [5, 5.41) is 9.70. The van der Waals surface area contributed by atoms with E-state index in [-0.39, 0.29) is 18.0 Å². The molecule has 0 rings (SSSR count). The van der Waals surface area contributed by atoms with E-state index in [0.717, 1.165) is 18.6 Å². The van der Waals surface area contributed by atoms with Crippen molar-refractivity contribution in [2.24, 2.45) is 0 Å². The molecular formula is C28H55O6PS. The van der Waals surface area contributed by atoms with Crippen molar-refractivity contribution < 1.29 is 29.0 Å². The number of unbranched alkanes of at least 4 members (excludes halogenated alkanes) is 14. The molecule has 0 spiro atoms. The summed E-state index contributed by atoms with van der Waals surface area (Å²) in [6.07, 6.45) is 21.9. The van der Waals surface area contributed by atoms with E-state index >= 15 is 0 Å². The van der Waals surface area contributed by atoms with Crippen molar-refractivity contribution in [3.8, 4) is 0 Å². The number of ether oxygens (including phenoxy) is 1. The predicted octanol–water partition coefficient (Wildman–Crippen LogP) is 9.55. The first-order chi connectivity index (χ1) is 17.5. The van der Waals surface area contributed by atoms with Crippen LogP contribution >= 0.6 is 20.2 Å². The van der Waals surface area contributed by atoms with Gasteiger partial charge in [0.15, 0.2) is 0 Å². The van der Waals surface area contributed by atoms with Crippen LogP contribution in [0.4, 0.5) is 0 Å². The lowest BCUT2D eigenvalue weighted by atomic mass is 10.1. The lowest BCUT2D eigenvalue weighted by Crippen LogP contribution is -2.41. The van der Waals surface area contributed by atoms with Gasteiger partial charge in [0, 0.05) is 5.25 Å². The summed E-state index contributed by atoms with van der Waals surface area (Å²) in [6.45, 7) is 8.34. The van der Waals surface area contributed by atoms with Crippen LogP contribution in [0, 0.1) is 0 Å². The Morgan fingerprint density at radius 2 is 1.31 bits per heavy atom. The molecule has 0 saturated heterocycles. The number of hydrogen-bond donors (Lipinski definition) is 1. The monoisotopic (exact) mass is 550 g/mol. The summed E-state index contributed by atoms with van der Waals surface area (Å²) in [5.74, 6) is -0.398. The Balaban J connectivity index is 4.46. The van der Waals surface area contributed by atoms with Crippen molar-refractivity contribution in [2.75, 3.05) is 12.4 Å². The average Bonchev–Trinajstić information content (AvgIpc) is 2.88. The number of rotatable bonds is 28. The SMILES string of the molecule is CCCCCCCCCCCCCSC(CCCCCCC)C(C)OOC(OCCC)(P=O)C(=O)O. The number of carboxylic acid groups (broad SMARTS) is 1. The minimum Gasteiger partial charge on any atom is -0.477 e. The van der Waals surface area contributed by atoms with Crippen LogP contribution in [-0.4, -0.2) is 40.3 Å². The molecule has 0 aliphatic carbocycles. The summed E-state index contributed by atoms with van der Waals surface area (Å²) in [7, 11) is -0.783. The second kappa shape index (κ2) is 25.1. The fourth-order valence-electron chi connectivity index (χ4n) is 4.05. The van der Waals surface area contributed by atoms with Gasteiger partial charge in [-0.15, -0.1) is 0 Å². The summed E-state index contributed by atoms with van der Waals surface area (Å²) in [4.78, 5) is 22.4. The maximum atomic E-state index is 11.7. The van der Waals surface area contributed by atoms with Gasteiger partial charge in [0.25, 0.3) is 0 Å². The normalized spacial score (nSPS) is 15.1. The Bertz CT molecular complexity index is 524. The van der Waals surface area contributed by atoms with Gasteiger partial charge in [-0.25, -0.2) is 9.68 Å². The minimum atomic E-state index is -2.31. The molecule has 214 valence electrons. The Morgan fingerprint density at radius 3 is 1.78 bits per heavy atom. The van der Waals surface area contributed by atoms with Gasteiger partial charge in [0.05, 0.1) is 6.61 Å². The molecule has 3 unspecified atom stereocenters. The van der Waals surface area contributed by atoms with E-state index in [1.54, 1.807) is 0 Å². The third-order valence-corrected chi connectivity index (χ3v) is 8.61. The zero-order chi connectivity index (χ0) is 26.9. The number of carbonyl (C=O) groups is 1. The van der Waals surface area contributed by atoms with Gasteiger partial charge in [-0.05, 0) is 31.9 Å². The van der Waals surface area contributed by atoms with E-state index in [4.69, 9.17) is 14.5 Å². The minimum absolute atomic E-state index is 0.119. The molecule has 3 atom stereocenters. The molecule has 0 bridgehead atoms. The summed E-state index contributed by atoms with van der Waals surface area (Å²) in [5.41, 5.74) is -2.31. The standard InChI is InChI=1S/C28H55O6PS/c1-5-8-10-12-13-14-15-16-17-19-21-24-36-26(22-20-18-11-9-6-2)25(4)33-34-28(35-31,27(29)30)32-23-7-3/h25-26H,5-24H2,1-4H3,(H,29,30). The molecule has 0 saturated carbocycles. The number of aliphatic carboxylic acids is 1. The molecule has 0 radical (unpaired) electrons. The van der Waals surface area contributed by atoms with Crippen molar-refractivity contribution >= 4 is 26.2 Å². The van der Waals surface area contributed by atoms with E-state index in [1.165, 1.54) is 96.3 Å². The molecule has 1 N–H and O–H groups in total. The van der Waals surface area contributed by atoms with Crippen LogP contribution in [0.5, 0.6) is 0 Å². The molecule has 36 heavy (non-hydrogen) atoms. The Hall–Kier alpha value is -0.200. The maximum Gasteiger partial charge on any atom is 0.380 e. The highest BCUT2D eigenvalue weighted by Crippen LogP contribution is 2.31. The number of carboxylic acids is 1. The largest absolute Gasteiger partial charge is 0.477 e. The van der Waals surface area contributed by atoms with Gasteiger partial charge in [-0.3, -0.25) is 4.57 Å². The van der Waals surface area contributed by atoms with Gasteiger partial charge in [-0.1, -0.05) is 117 Å². The van der Waals surface area contributed by atoms with Gasteiger partial charge < -0.3 is 9.84 Å². The highest BCUT2D eigenvalue weighted by atomic mass is 32.2. The first-order valence-electron chi connectivity index (χ1n) is 14.6. The van der Waals surface area contributed by atoms with Crippen molar-refractivity contribution in [3.63, 3.8) is 0 Å². The lowest BCUT2D eigenvalue weighted by molar-refractivity contribution is -0.402. The van der Waals surface area contributed by atoms with Crippen LogP contribution in [0.2, 0.25) is 0 Å². The zero-order valence-electron chi connectivity index (χ0n) is 23.6. The fraction of sp³-hybridized carbons (Fsp3) is 0.964. The molecule has 8 heteroatoms. The van der Waals surface area contributed by atoms with Crippen molar-refractivity contribution in [1.82, 2.24) is 0 Å². The third kappa shape index (κ3) is 18.1. The van der Waals surface area contributed by atoms with E-state index in [9.17, 15) is 14.5 Å². The molecule has 0 aliphatic rings. The summed E-state index contributed by atoms with van der Waals surface area (Å²) < 4.78 is 16.9. The number of hydrogen-bond acceptors (Lipinski definition) is 6. The Kier molecular flexibility index (Phi) is 25.0. The van der Waals surface area contributed by atoms with Crippen LogP contribution in [0.15, 0.2) is 0 Å². The van der Waals surface area contributed by atoms with Gasteiger partial charge >= 0.3 is 11.5 Å². The predicted molar refractivity (Wildman–Crippen MR) is 152 cm³/mol. The van der Waals surface area contributed by atoms with Crippen molar-refractivity contribution in [2.45, 2.75) is 160 Å². The summed E-state index contributed by atoms with van der Waals surface area (Å²) >= 11 is 1.88. The maximum absolute atomic E-state index is 11.7. The Morgan fingerprint density at radius 1 is 0.806 bits per heavy atom. The van der Waals surface area contributed by atoms with E-state index in [1.807, 2.05) is 25.6 Å². The van der Waals surface area contributed by atoms with Crippen LogP contribution in [0.3, 0.4) is 0 Å². The molecule has 0 aliphatic heterocycles. The van der Waals surface area contributed by atoms with E-state index in [0.29, 0.717) is 6.42 Å². The second-order valence-corrected chi connectivity index (χ2v) is 12.0. The van der Waals surface area contributed by atoms with E-state index < -0.39 is 20.0 Å². The molecule has 0 aromatic carbocycles. The lowest BCUT2D eigenvalue weighted by Gasteiger charge is -2.27. The van der Waals surface area contributed by atoms with Crippen LogP contribution in [-0.2, 0) is 23.9 Å². The van der Waals surface area contributed by atoms with Crippen LogP contribution < -0.4 is 0 Å². The third-order valence-electron chi connectivity index (χ3n) is 6.40. The van der Waals surface area contributed by atoms with Gasteiger partial charge in [0.1, 0.15) is 6.10 Å². The smallest absolute Gasteiger partial charge is 0.380 e. The van der Waals surface area contributed by atoms with Crippen LogP contribution in [0.1, 0.15) is 143 Å². The first kappa shape index (κ1) is 35.8. The van der Waals surface area contributed by atoms with Crippen molar-refractivity contribution in [3.05, 3.63) is 0 Å². The average molecular weight is 551 g/mol. The molecule has 6 nitrogen and oxygen atoms in total. The van der Waals surface area contributed by atoms with Crippen LogP contribution in [0.25, 0.3) is 0 Å². The van der Waals surface area contributed by atoms with Gasteiger partial charge in [-0.2, -0.15) is 16.6 Å². The molecule has 0 aromatic heterocycles. The zero-order valence-corrected chi connectivity index (χ0v) is 25.4. The molecular weight excluding hydrogens is 495 g/mol. The summed E-state index contributed by atoms with van der Waals surface area (Å²) in [6, 6.07) is 0. The van der Waals surface area contributed by atoms with Crippen molar-refractivity contribution in [1.29, 1.82) is 0 Å². The van der Waals surface area contributed by atoms with E-state index in [2.05, 4.69) is 13.8 Å². The Labute approximate surface area is 227 Å². The topological polar surface area (TPSA) is 82.1 Å². The quantitative estimate of drug-likeness (QED) is 0.0341. The molecule has 0 heterocycles.